The van der Waals surface area contributed by atoms with Crippen LogP contribution >= 0.6 is 0 Å². The lowest BCUT2D eigenvalue weighted by molar-refractivity contribution is 0.0693. The molecule has 1 fully saturated rings. The first kappa shape index (κ1) is 13.8. The fraction of sp³-hybridized carbons (Fsp3) is 0.400. The number of carbonyl (C=O) groups is 3. The summed E-state index contributed by atoms with van der Waals surface area (Å²) in [5, 5.41) is 6.18. The number of imide groups is 1. The van der Waals surface area contributed by atoms with Crippen molar-refractivity contribution in [3.8, 4) is 0 Å². The zero-order valence-corrected chi connectivity index (χ0v) is 11.8. The van der Waals surface area contributed by atoms with Crippen molar-refractivity contribution in [3.63, 3.8) is 0 Å². The number of piperidine rings is 1. The van der Waals surface area contributed by atoms with Gasteiger partial charge in [-0.05, 0) is 37.6 Å². The summed E-state index contributed by atoms with van der Waals surface area (Å²) < 4.78 is 0. The van der Waals surface area contributed by atoms with E-state index in [-0.39, 0.29) is 23.8 Å². The summed E-state index contributed by atoms with van der Waals surface area (Å²) in [4.78, 5) is 37.0. The van der Waals surface area contributed by atoms with Gasteiger partial charge >= 0.3 is 0 Å². The topological polar surface area (TPSA) is 78.5 Å². The van der Waals surface area contributed by atoms with Gasteiger partial charge in [0, 0.05) is 25.2 Å². The van der Waals surface area contributed by atoms with E-state index in [0.717, 1.165) is 30.8 Å². The Hall–Kier alpha value is -2.21. The summed E-state index contributed by atoms with van der Waals surface area (Å²) in [6, 6.07) is 4.76. The van der Waals surface area contributed by atoms with Gasteiger partial charge in [-0.3, -0.25) is 19.3 Å². The number of hydrogen-bond donors (Lipinski definition) is 2. The van der Waals surface area contributed by atoms with E-state index in [1.165, 1.54) is 13.1 Å². The SMILES string of the molecule is CN1C(=O)c2ccc(C(=O)NC3CCCNC3)cc2C1=O. The van der Waals surface area contributed by atoms with E-state index >= 15 is 0 Å². The molecule has 6 nitrogen and oxygen atoms in total. The summed E-state index contributed by atoms with van der Waals surface area (Å²) >= 11 is 0. The number of benzene rings is 1. The molecule has 6 heteroatoms. The molecular formula is C15H17N3O3. The molecule has 1 aromatic rings. The normalized spacial score (nSPS) is 21.4. The maximum Gasteiger partial charge on any atom is 0.261 e. The Morgan fingerprint density at radius 1 is 1.29 bits per heavy atom. The first-order chi connectivity index (χ1) is 10.1. The van der Waals surface area contributed by atoms with E-state index in [0.29, 0.717) is 16.7 Å². The van der Waals surface area contributed by atoms with Crippen molar-refractivity contribution >= 4 is 17.7 Å². The molecule has 1 aromatic carbocycles. The van der Waals surface area contributed by atoms with Gasteiger partial charge in [0.05, 0.1) is 11.1 Å². The van der Waals surface area contributed by atoms with E-state index in [1.807, 2.05) is 0 Å². The van der Waals surface area contributed by atoms with Gasteiger partial charge in [0.25, 0.3) is 17.7 Å². The van der Waals surface area contributed by atoms with Crippen LogP contribution in [0.25, 0.3) is 0 Å². The van der Waals surface area contributed by atoms with Crippen LogP contribution in [0.2, 0.25) is 0 Å². The first-order valence-corrected chi connectivity index (χ1v) is 7.06. The van der Waals surface area contributed by atoms with E-state index in [9.17, 15) is 14.4 Å². The van der Waals surface area contributed by atoms with Crippen LogP contribution in [0.4, 0.5) is 0 Å². The van der Waals surface area contributed by atoms with Gasteiger partial charge in [0.1, 0.15) is 0 Å². The minimum Gasteiger partial charge on any atom is -0.348 e. The molecule has 0 saturated carbocycles. The molecule has 0 spiro atoms. The summed E-state index contributed by atoms with van der Waals surface area (Å²) in [6.07, 6.45) is 1.98. The van der Waals surface area contributed by atoms with Crippen molar-refractivity contribution in [2.24, 2.45) is 0 Å². The summed E-state index contributed by atoms with van der Waals surface area (Å²) in [7, 11) is 1.44. The van der Waals surface area contributed by atoms with Gasteiger partial charge in [0.15, 0.2) is 0 Å². The molecule has 0 radical (unpaired) electrons. The van der Waals surface area contributed by atoms with Gasteiger partial charge in [-0.25, -0.2) is 0 Å². The van der Waals surface area contributed by atoms with Crippen molar-refractivity contribution in [1.82, 2.24) is 15.5 Å². The minimum atomic E-state index is -0.357. The third kappa shape index (κ3) is 2.42. The summed E-state index contributed by atoms with van der Waals surface area (Å²) in [6.45, 7) is 1.74. The number of fused-ring (bicyclic) bond motifs is 1. The quantitative estimate of drug-likeness (QED) is 0.772. The number of amides is 3. The maximum absolute atomic E-state index is 12.2. The van der Waals surface area contributed by atoms with E-state index < -0.39 is 0 Å². The third-order valence-corrected chi connectivity index (χ3v) is 3.98. The average molecular weight is 287 g/mol. The fourth-order valence-electron chi connectivity index (χ4n) is 2.75. The Kier molecular flexibility index (Phi) is 3.47. The van der Waals surface area contributed by atoms with Crippen LogP contribution in [0.3, 0.4) is 0 Å². The van der Waals surface area contributed by atoms with Gasteiger partial charge in [-0.15, -0.1) is 0 Å². The van der Waals surface area contributed by atoms with Crippen LogP contribution in [0.5, 0.6) is 0 Å². The van der Waals surface area contributed by atoms with Crippen molar-refractivity contribution in [2.75, 3.05) is 20.1 Å². The van der Waals surface area contributed by atoms with Crippen molar-refractivity contribution < 1.29 is 14.4 Å². The highest BCUT2D eigenvalue weighted by Crippen LogP contribution is 2.22. The Morgan fingerprint density at radius 3 is 2.76 bits per heavy atom. The molecule has 1 unspecified atom stereocenters. The maximum atomic E-state index is 12.2. The predicted octanol–water partition coefficient (Wildman–Crippen LogP) is 0.394. The van der Waals surface area contributed by atoms with Crippen LogP contribution in [0.15, 0.2) is 18.2 Å². The van der Waals surface area contributed by atoms with E-state index in [4.69, 9.17) is 0 Å². The summed E-state index contributed by atoms with van der Waals surface area (Å²) in [5.41, 5.74) is 1.08. The van der Waals surface area contributed by atoms with Crippen molar-refractivity contribution in [1.29, 1.82) is 0 Å². The molecule has 0 aromatic heterocycles. The Balaban J connectivity index is 1.79. The van der Waals surface area contributed by atoms with Crippen LogP contribution in [-0.2, 0) is 0 Å². The van der Waals surface area contributed by atoms with Gasteiger partial charge in [-0.2, -0.15) is 0 Å². The van der Waals surface area contributed by atoms with Crippen LogP contribution < -0.4 is 10.6 Å². The lowest BCUT2D eigenvalue weighted by atomic mass is 10.0. The largest absolute Gasteiger partial charge is 0.348 e. The van der Waals surface area contributed by atoms with Crippen LogP contribution in [0.1, 0.15) is 43.9 Å². The van der Waals surface area contributed by atoms with E-state index in [1.54, 1.807) is 12.1 Å². The molecule has 2 N–H and O–H groups in total. The number of carbonyl (C=O) groups excluding carboxylic acids is 3. The Labute approximate surface area is 122 Å². The fourth-order valence-corrected chi connectivity index (χ4v) is 2.75. The zero-order chi connectivity index (χ0) is 15.0. The molecule has 2 heterocycles. The van der Waals surface area contributed by atoms with Crippen LogP contribution in [0, 0.1) is 0 Å². The van der Waals surface area contributed by atoms with Gasteiger partial charge in [0.2, 0.25) is 0 Å². The molecule has 1 atom stereocenters. The van der Waals surface area contributed by atoms with Crippen molar-refractivity contribution in [2.45, 2.75) is 18.9 Å². The highest BCUT2D eigenvalue weighted by atomic mass is 16.2. The number of rotatable bonds is 2. The molecule has 1 saturated heterocycles. The standard InChI is InChI=1S/C15H17N3O3/c1-18-14(20)11-5-4-9(7-12(11)15(18)21)13(19)17-10-3-2-6-16-8-10/h4-5,7,10,16H,2-3,6,8H2,1H3,(H,17,19). The summed E-state index contributed by atoms with van der Waals surface area (Å²) in [5.74, 6) is -0.885. The average Bonchev–Trinajstić information content (AvgIpc) is 2.73. The third-order valence-electron chi connectivity index (χ3n) is 3.98. The highest BCUT2D eigenvalue weighted by molar-refractivity contribution is 6.21. The molecule has 2 aliphatic heterocycles. The number of nitrogens with one attached hydrogen (secondary N) is 2. The molecule has 3 amide bonds. The second kappa shape index (κ2) is 5.29. The second-order valence-corrected chi connectivity index (χ2v) is 5.45. The molecule has 3 rings (SSSR count). The lowest BCUT2D eigenvalue weighted by Crippen LogP contribution is -2.45. The van der Waals surface area contributed by atoms with E-state index in [2.05, 4.69) is 10.6 Å². The molecule has 0 aliphatic carbocycles. The minimum absolute atomic E-state index is 0.111. The molecule has 2 aliphatic rings. The molecule has 110 valence electrons. The zero-order valence-electron chi connectivity index (χ0n) is 11.8. The van der Waals surface area contributed by atoms with Crippen LogP contribution in [-0.4, -0.2) is 48.8 Å². The van der Waals surface area contributed by atoms with Crippen molar-refractivity contribution in [3.05, 3.63) is 34.9 Å². The Morgan fingerprint density at radius 2 is 2.05 bits per heavy atom. The first-order valence-electron chi connectivity index (χ1n) is 7.06. The predicted molar refractivity (Wildman–Crippen MR) is 76.2 cm³/mol. The monoisotopic (exact) mass is 287 g/mol. The lowest BCUT2D eigenvalue weighted by Gasteiger charge is -2.23. The molecule has 21 heavy (non-hydrogen) atoms. The Bertz CT molecular complexity index is 621. The van der Waals surface area contributed by atoms with Gasteiger partial charge < -0.3 is 10.6 Å². The second-order valence-electron chi connectivity index (χ2n) is 5.45. The molecule has 0 bridgehead atoms. The molecular weight excluding hydrogens is 270 g/mol. The number of hydrogen-bond acceptors (Lipinski definition) is 4. The smallest absolute Gasteiger partial charge is 0.261 e. The highest BCUT2D eigenvalue weighted by Gasteiger charge is 2.33. The van der Waals surface area contributed by atoms with Gasteiger partial charge in [-0.1, -0.05) is 0 Å². The number of nitrogens with zero attached hydrogens (tertiary/aromatic N) is 1.